The standard InChI is InChI=1S/C16H17ClN4O/c1-10-2-3-11-13(6-10)21(8-16(11)4-5-22-9-16)14-12(17)7-19-15(18)20-14/h2-3,6-7H,4-5,8-9H2,1H3,(H2,18,19,20)/t16-/m1/s1. The second-order valence-corrected chi connectivity index (χ2v) is 6.50. The van der Waals surface area contributed by atoms with Crippen LogP contribution in [0.3, 0.4) is 0 Å². The molecule has 2 aromatic rings. The van der Waals surface area contributed by atoms with Crippen LogP contribution in [-0.4, -0.2) is 29.7 Å². The molecule has 6 heteroatoms. The molecule has 3 heterocycles. The molecule has 2 aliphatic heterocycles. The number of halogens is 1. The minimum absolute atomic E-state index is 0.0199. The van der Waals surface area contributed by atoms with Gasteiger partial charge in [0.25, 0.3) is 0 Å². The van der Waals surface area contributed by atoms with Gasteiger partial charge in [-0.1, -0.05) is 23.7 Å². The van der Waals surface area contributed by atoms with Gasteiger partial charge in [-0.15, -0.1) is 0 Å². The van der Waals surface area contributed by atoms with Crippen molar-refractivity contribution in [3.05, 3.63) is 40.5 Å². The van der Waals surface area contributed by atoms with Gasteiger partial charge >= 0.3 is 0 Å². The van der Waals surface area contributed by atoms with E-state index in [-0.39, 0.29) is 11.4 Å². The van der Waals surface area contributed by atoms with E-state index in [9.17, 15) is 0 Å². The fourth-order valence-electron chi connectivity index (χ4n) is 3.48. The highest BCUT2D eigenvalue weighted by atomic mass is 35.5. The summed E-state index contributed by atoms with van der Waals surface area (Å²) < 4.78 is 5.69. The third kappa shape index (κ3) is 1.96. The number of hydrogen-bond acceptors (Lipinski definition) is 5. The summed E-state index contributed by atoms with van der Waals surface area (Å²) in [7, 11) is 0. The minimum Gasteiger partial charge on any atom is -0.380 e. The van der Waals surface area contributed by atoms with Crippen molar-refractivity contribution < 1.29 is 4.74 Å². The number of benzene rings is 1. The van der Waals surface area contributed by atoms with Gasteiger partial charge < -0.3 is 15.4 Å². The highest BCUT2D eigenvalue weighted by Crippen LogP contribution is 2.49. The molecule has 1 saturated heterocycles. The fourth-order valence-corrected chi connectivity index (χ4v) is 3.67. The molecule has 1 aromatic carbocycles. The Morgan fingerprint density at radius 3 is 3.05 bits per heavy atom. The molecule has 0 bridgehead atoms. The van der Waals surface area contributed by atoms with Crippen LogP contribution in [0.4, 0.5) is 17.5 Å². The first kappa shape index (κ1) is 13.8. The van der Waals surface area contributed by atoms with Crippen molar-refractivity contribution in [3.63, 3.8) is 0 Å². The van der Waals surface area contributed by atoms with E-state index in [4.69, 9.17) is 22.1 Å². The quantitative estimate of drug-likeness (QED) is 0.876. The van der Waals surface area contributed by atoms with Gasteiger partial charge in [-0.25, -0.2) is 4.98 Å². The number of hydrogen-bond donors (Lipinski definition) is 1. The monoisotopic (exact) mass is 316 g/mol. The van der Waals surface area contributed by atoms with Crippen molar-refractivity contribution in [2.45, 2.75) is 18.8 Å². The maximum atomic E-state index is 6.32. The summed E-state index contributed by atoms with van der Waals surface area (Å²) in [4.78, 5) is 10.5. The first-order valence-corrected chi connectivity index (χ1v) is 7.71. The van der Waals surface area contributed by atoms with Crippen molar-refractivity contribution in [1.29, 1.82) is 0 Å². The predicted molar refractivity (Wildman–Crippen MR) is 86.8 cm³/mol. The topological polar surface area (TPSA) is 64.3 Å². The molecule has 1 spiro atoms. The van der Waals surface area contributed by atoms with E-state index in [2.05, 4.69) is 40.0 Å². The average Bonchev–Trinajstić information content (AvgIpc) is 3.08. The molecule has 0 saturated carbocycles. The molecule has 2 N–H and O–H groups in total. The summed E-state index contributed by atoms with van der Waals surface area (Å²) >= 11 is 6.32. The van der Waals surface area contributed by atoms with Gasteiger partial charge in [0.05, 0.1) is 12.8 Å². The van der Waals surface area contributed by atoms with E-state index in [1.165, 1.54) is 11.1 Å². The zero-order valence-corrected chi connectivity index (χ0v) is 13.1. The first-order valence-electron chi connectivity index (χ1n) is 7.33. The number of nitrogens with two attached hydrogens (primary N) is 1. The van der Waals surface area contributed by atoms with Crippen LogP contribution in [0.1, 0.15) is 17.5 Å². The summed E-state index contributed by atoms with van der Waals surface area (Å²) in [5.74, 6) is 0.905. The van der Waals surface area contributed by atoms with Crippen LogP contribution < -0.4 is 10.6 Å². The fraction of sp³-hybridized carbons (Fsp3) is 0.375. The lowest BCUT2D eigenvalue weighted by Crippen LogP contribution is -2.32. The van der Waals surface area contributed by atoms with Crippen LogP contribution in [0, 0.1) is 6.92 Å². The molecule has 1 atom stereocenters. The van der Waals surface area contributed by atoms with Crippen LogP contribution in [0.2, 0.25) is 5.02 Å². The highest BCUT2D eigenvalue weighted by Gasteiger charge is 2.46. The highest BCUT2D eigenvalue weighted by molar-refractivity contribution is 6.33. The number of fused-ring (bicyclic) bond motifs is 2. The van der Waals surface area contributed by atoms with Gasteiger partial charge in [0.15, 0.2) is 5.82 Å². The van der Waals surface area contributed by atoms with Crippen molar-refractivity contribution >= 4 is 29.1 Å². The van der Waals surface area contributed by atoms with Crippen LogP contribution in [-0.2, 0) is 10.2 Å². The number of rotatable bonds is 1. The van der Waals surface area contributed by atoms with Crippen molar-refractivity contribution in [2.75, 3.05) is 30.4 Å². The summed E-state index contributed by atoms with van der Waals surface area (Å²) in [5.41, 5.74) is 9.44. The van der Waals surface area contributed by atoms with Crippen molar-refractivity contribution in [1.82, 2.24) is 9.97 Å². The van der Waals surface area contributed by atoms with Crippen LogP contribution in [0.15, 0.2) is 24.4 Å². The maximum Gasteiger partial charge on any atom is 0.222 e. The lowest BCUT2D eigenvalue weighted by Gasteiger charge is -2.24. The van der Waals surface area contributed by atoms with Gasteiger partial charge in [0.1, 0.15) is 5.02 Å². The average molecular weight is 317 g/mol. The maximum absolute atomic E-state index is 6.32. The first-order chi connectivity index (χ1) is 10.6. The molecule has 1 fully saturated rings. The predicted octanol–water partition coefficient (Wildman–Crippen LogP) is 2.83. The van der Waals surface area contributed by atoms with E-state index in [1.54, 1.807) is 6.20 Å². The Balaban J connectivity index is 1.89. The van der Waals surface area contributed by atoms with Gasteiger partial charge in [-0.05, 0) is 30.5 Å². The van der Waals surface area contributed by atoms with Crippen LogP contribution in [0.5, 0.6) is 0 Å². The van der Waals surface area contributed by atoms with E-state index < -0.39 is 0 Å². The lowest BCUT2D eigenvalue weighted by molar-refractivity contribution is 0.180. The summed E-state index contributed by atoms with van der Waals surface area (Å²) in [5, 5.41) is 0.512. The smallest absolute Gasteiger partial charge is 0.222 e. The zero-order chi connectivity index (χ0) is 15.3. The number of nitrogen functional groups attached to an aromatic ring is 1. The summed E-state index contributed by atoms with van der Waals surface area (Å²) in [6.45, 7) is 4.42. The Bertz CT molecular complexity index is 743. The summed E-state index contributed by atoms with van der Waals surface area (Å²) in [6.07, 6.45) is 2.57. The molecule has 0 unspecified atom stereocenters. The van der Waals surface area contributed by atoms with Crippen LogP contribution in [0.25, 0.3) is 0 Å². The molecule has 0 amide bonds. The van der Waals surface area contributed by atoms with Gasteiger partial charge in [0, 0.05) is 24.3 Å². The Labute approximate surface area is 134 Å². The van der Waals surface area contributed by atoms with Gasteiger partial charge in [-0.3, -0.25) is 0 Å². The van der Waals surface area contributed by atoms with E-state index in [0.717, 1.165) is 31.9 Å². The summed E-state index contributed by atoms with van der Waals surface area (Å²) in [6, 6.07) is 6.53. The Morgan fingerprint density at radius 1 is 1.41 bits per heavy atom. The number of anilines is 3. The van der Waals surface area contributed by atoms with E-state index >= 15 is 0 Å². The number of aryl methyl sites for hydroxylation is 1. The molecule has 5 nitrogen and oxygen atoms in total. The molecule has 2 aliphatic rings. The molecular formula is C16H17ClN4O. The molecule has 1 aromatic heterocycles. The number of aromatic nitrogens is 2. The largest absolute Gasteiger partial charge is 0.380 e. The number of ether oxygens (including phenoxy) is 1. The normalized spacial score (nSPS) is 23.3. The molecule has 0 radical (unpaired) electrons. The van der Waals surface area contributed by atoms with Gasteiger partial charge in [-0.2, -0.15) is 4.98 Å². The third-order valence-corrected chi connectivity index (χ3v) is 4.85. The van der Waals surface area contributed by atoms with Crippen LogP contribution >= 0.6 is 11.6 Å². The van der Waals surface area contributed by atoms with Gasteiger partial charge in [0.2, 0.25) is 5.95 Å². The second-order valence-electron chi connectivity index (χ2n) is 6.09. The zero-order valence-electron chi connectivity index (χ0n) is 12.3. The van der Waals surface area contributed by atoms with E-state index in [1.807, 2.05) is 0 Å². The molecular weight excluding hydrogens is 300 g/mol. The Kier molecular flexibility index (Phi) is 3.03. The molecule has 22 heavy (non-hydrogen) atoms. The Morgan fingerprint density at radius 2 is 2.27 bits per heavy atom. The second kappa shape index (κ2) is 4.83. The number of nitrogens with zero attached hydrogens (tertiary/aromatic N) is 3. The SMILES string of the molecule is Cc1ccc2c(c1)N(c1nc(N)ncc1Cl)C[C@@]21CCOC1. The molecule has 4 rings (SSSR count). The molecule has 0 aliphatic carbocycles. The van der Waals surface area contributed by atoms with E-state index in [0.29, 0.717) is 10.8 Å². The molecule has 114 valence electrons. The Hall–Kier alpha value is -1.85. The minimum atomic E-state index is 0.0199. The van der Waals surface area contributed by atoms with Crippen molar-refractivity contribution in [3.8, 4) is 0 Å². The third-order valence-electron chi connectivity index (χ3n) is 4.58. The lowest BCUT2D eigenvalue weighted by atomic mass is 9.81. The van der Waals surface area contributed by atoms with Crippen molar-refractivity contribution in [2.24, 2.45) is 0 Å².